The van der Waals surface area contributed by atoms with Gasteiger partial charge < -0.3 is 18.3 Å². The molecule has 1 aliphatic carbocycles. The number of carbonyl (C=O) groups excluding carboxylic acids is 2. The van der Waals surface area contributed by atoms with E-state index in [-0.39, 0.29) is 10.1 Å². The van der Waals surface area contributed by atoms with Crippen molar-refractivity contribution in [1.82, 2.24) is 0 Å². The molecule has 0 unspecified atom stereocenters. The summed E-state index contributed by atoms with van der Waals surface area (Å²) in [5.74, 6) is 0.716. The predicted molar refractivity (Wildman–Crippen MR) is 198 cm³/mol. The van der Waals surface area contributed by atoms with Gasteiger partial charge in [0.2, 0.25) is 16.6 Å². The highest BCUT2D eigenvalue weighted by atomic mass is 28.4. The van der Waals surface area contributed by atoms with Crippen LogP contribution in [0.3, 0.4) is 0 Å². The van der Waals surface area contributed by atoms with Crippen molar-refractivity contribution in [1.29, 1.82) is 0 Å². The summed E-state index contributed by atoms with van der Waals surface area (Å²) in [7, 11) is -4.33. The Bertz CT molecular complexity index is 1720. The Balaban J connectivity index is 1.79. The van der Waals surface area contributed by atoms with Crippen LogP contribution in [0.1, 0.15) is 125 Å². The second-order valence-electron chi connectivity index (χ2n) is 18.1. The van der Waals surface area contributed by atoms with Gasteiger partial charge in [-0.2, -0.15) is 0 Å². The van der Waals surface area contributed by atoms with Gasteiger partial charge in [0.15, 0.2) is 5.60 Å². The van der Waals surface area contributed by atoms with Crippen molar-refractivity contribution >= 4 is 28.6 Å². The number of fused-ring (bicyclic) bond motifs is 6. The van der Waals surface area contributed by atoms with Crippen LogP contribution in [-0.4, -0.2) is 34.2 Å². The zero-order valence-electron chi connectivity index (χ0n) is 31.6. The monoisotopic (exact) mass is 686 g/mol. The maximum atomic E-state index is 13.8. The van der Waals surface area contributed by atoms with Gasteiger partial charge in [-0.05, 0) is 111 Å². The topological polar surface area (TPSA) is 71.1 Å². The van der Waals surface area contributed by atoms with Crippen LogP contribution in [0.25, 0.3) is 0 Å². The lowest BCUT2D eigenvalue weighted by Crippen LogP contribution is -2.45. The molecule has 48 heavy (non-hydrogen) atoms. The summed E-state index contributed by atoms with van der Waals surface area (Å²) in [6.45, 7) is 32.3. The molecule has 0 fully saturated rings. The highest BCUT2D eigenvalue weighted by Crippen LogP contribution is 2.58. The second-order valence-corrected chi connectivity index (χ2v) is 27.5. The van der Waals surface area contributed by atoms with E-state index in [1.54, 1.807) is 18.2 Å². The number of esters is 2. The Morgan fingerprint density at radius 1 is 0.646 bits per heavy atom. The van der Waals surface area contributed by atoms with Crippen molar-refractivity contribution in [2.24, 2.45) is 0 Å². The van der Waals surface area contributed by atoms with Crippen LogP contribution in [-0.2, 0) is 20.5 Å². The minimum Gasteiger partial charge on any atom is -0.543 e. The normalized spacial score (nSPS) is 16.9. The van der Waals surface area contributed by atoms with Crippen LogP contribution in [0, 0.1) is 0 Å². The van der Waals surface area contributed by atoms with Crippen molar-refractivity contribution in [3.63, 3.8) is 0 Å². The second kappa shape index (κ2) is 11.1. The lowest BCUT2D eigenvalue weighted by Gasteiger charge is -2.45. The molecule has 0 radical (unpaired) electrons. The van der Waals surface area contributed by atoms with E-state index in [2.05, 4.69) is 93.7 Å². The number of rotatable bonds is 5. The molecule has 0 atom stereocenters. The maximum absolute atomic E-state index is 13.8. The van der Waals surface area contributed by atoms with Crippen molar-refractivity contribution in [2.75, 3.05) is 0 Å². The molecular weight excluding hydrogens is 633 g/mol. The number of carbonyl (C=O) groups is 2. The smallest absolute Gasteiger partial charge is 0.340 e. The van der Waals surface area contributed by atoms with Gasteiger partial charge in [-0.1, -0.05) is 67.5 Å². The van der Waals surface area contributed by atoms with Crippen molar-refractivity contribution in [3.05, 3.63) is 93.5 Å². The van der Waals surface area contributed by atoms with E-state index >= 15 is 0 Å². The Morgan fingerprint density at radius 3 is 1.52 bits per heavy atom. The maximum Gasteiger partial charge on any atom is 0.340 e. The molecule has 0 saturated heterocycles. The van der Waals surface area contributed by atoms with Crippen LogP contribution in [0.2, 0.25) is 36.3 Å². The van der Waals surface area contributed by atoms with Gasteiger partial charge >= 0.3 is 11.9 Å². The van der Waals surface area contributed by atoms with Crippen LogP contribution in [0.5, 0.6) is 11.5 Å². The van der Waals surface area contributed by atoms with E-state index < -0.39 is 45.2 Å². The molecule has 0 amide bonds. The molecule has 3 aromatic carbocycles. The van der Waals surface area contributed by atoms with Crippen molar-refractivity contribution in [3.8, 4) is 11.5 Å². The standard InChI is InChI=1S/C40H54O6Si2/c1-36(2,3)43-34(41)25-16-19-28-31(22-25)40(44-35(28)42)29-20-17-26(45-47(12,13)37(4,5)6)23-32(29)39(10,11)33-24-27(18-21-30(33)40)46-48(14,15)38(7,8)9/h16-24H,1-15H3. The quantitative estimate of drug-likeness (QED) is 0.197. The molecule has 1 aliphatic heterocycles. The first kappa shape index (κ1) is 35.9. The van der Waals surface area contributed by atoms with Crippen molar-refractivity contribution in [2.45, 2.75) is 129 Å². The number of benzene rings is 3. The van der Waals surface area contributed by atoms with E-state index in [1.165, 1.54) is 0 Å². The summed E-state index contributed by atoms with van der Waals surface area (Å²) in [6, 6.07) is 17.5. The Kier molecular flexibility index (Phi) is 8.29. The van der Waals surface area contributed by atoms with Crippen molar-refractivity contribution < 1.29 is 27.9 Å². The minimum atomic E-state index is -2.16. The van der Waals surface area contributed by atoms with Crippen LogP contribution < -0.4 is 8.85 Å². The zero-order chi connectivity index (χ0) is 36.0. The SMILES string of the molecule is CC(C)(C)OC(=O)c1ccc2c(c1)C1(OC2=O)c2ccc(O[Si](C)(C)C(C)(C)C)cc2C(C)(C)c2cc(O[Si](C)(C)C(C)(C)C)ccc21. The molecule has 258 valence electrons. The third-order valence-electron chi connectivity index (χ3n) is 10.9. The number of hydrogen-bond donors (Lipinski definition) is 0. The average molecular weight is 687 g/mol. The van der Waals surface area contributed by atoms with Gasteiger partial charge in [0.1, 0.15) is 17.1 Å². The van der Waals surface area contributed by atoms with Gasteiger partial charge in [0.25, 0.3) is 0 Å². The first-order valence-electron chi connectivity index (χ1n) is 17.0. The van der Waals surface area contributed by atoms with E-state index in [1.807, 2.05) is 45.0 Å². The number of hydrogen-bond acceptors (Lipinski definition) is 6. The molecule has 8 heteroatoms. The van der Waals surface area contributed by atoms with E-state index in [9.17, 15) is 9.59 Å². The van der Waals surface area contributed by atoms with Gasteiger partial charge in [0.05, 0.1) is 11.1 Å². The van der Waals surface area contributed by atoms with E-state index in [4.69, 9.17) is 18.3 Å². The first-order chi connectivity index (χ1) is 21.7. The highest BCUT2D eigenvalue weighted by Gasteiger charge is 2.56. The van der Waals surface area contributed by atoms with Crippen LogP contribution >= 0.6 is 0 Å². The Labute approximate surface area is 289 Å². The lowest BCUT2D eigenvalue weighted by atomic mass is 9.61. The molecule has 3 aromatic rings. The minimum absolute atomic E-state index is 0.0141. The average Bonchev–Trinajstić information content (AvgIpc) is 3.21. The van der Waals surface area contributed by atoms with Gasteiger partial charge in [-0.15, -0.1) is 0 Å². The summed E-state index contributed by atoms with van der Waals surface area (Å²) in [5, 5.41) is 0.0282. The zero-order valence-corrected chi connectivity index (χ0v) is 33.6. The fraction of sp³-hybridized carbons (Fsp3) is 0.500. The molecule has 1 heterocycles. The fourth-order valence-corrected chi connectivity index (χ4v) is 8.18. The summed E-state index contributed by atoms with van der Waals surface area (Å²) >= 11 is 0. The molecule has 0 aromatic heterocycles. The first-order valence-corrected chi connectivity index (χ1v) is 22.8. The molecule has 0 N–H and O–H groups in total. The summed E-state index contributed by atoms with van der Waals surface area (Å²) in [6.07, 6.45) is 0. The molecular formula is C40H54O6Si2. The summed E-state index contributed by atoms with van der Waals surface area (Å²) < 4.78 is 26.0. The molecule has 1 spiro atoms. The summed E-state index contributed by atoms with van der Waals surface area (Å²) in [5.41, 5.74) is 2.68. The largest absolute Gasteiger partial charge is 0.543 e. The number of ether oxygens (including phenoxy) is 2. The van der Waals surface area contributed by atoms with Crippen LogP contribution in [0.4, 0.5) is 0 Å². The highest BCUT2D eigenvalue weighted by molar-refractivity contribution is 6.75. The van der Waals surface area contributed by atoms with Gasteiger partial charge in [-0.3, -0.25) is 0 Å². The third-order valence-corrected chi connectivity index (χ3v) is 19.7. The molecule has 0 saturated carbocycles. The Morgan fingerprint density at radius 2 is 1.10 bits per heavy atom. The molecule has 0 bridgehead atoms. The lowest BCUT2D eigenvalue weighted by molar-refractivity contribution is 0.00691. The van der Waals surface area contributed by atoms with Gasteiger partial charge in [0, 0.05) is 22.1 Å². The molecule has 2 aliphatic rings. The predicted octanol–water partition coefficient (Wildman–Crippen LogP) is 10.5. The van der Waals surface area contributed by atoms with Crippen LogP contribution in [0.15, 0.2) is 54.6 Å². The van der Waals surface area contributed by atoms with Gasteiger partial charge in [-0.25, -0.2) is 9.59 Å². The third kappa shape index (κ3) is 5.93. The Hall–Kier alpha value is -3.37. The fourth-order valence-electron chi connectivity index (χ4n) is 6.13. The summed E-state index contributed by atoms with van der Waals surface area (Å²) in [4.78, 5) is 27.1. The van der Waals surface area contributed by atoms with E-state index in [0.29, 0.717) is 16.7 Å². The molecule has 5 rings (SSSR count). The van der Waals surface area contributed by atoms with E-state index in [0.717, 1.165) is 33.8 Å². The molecule has 6 nitrogen and oxygen atoms in total.